The van der Waals surface area contributed by atoms with Crippen molar-refractivity contribution < 1.29 is 9.47 Å². The van der Waals surface area contributed by atoms with Crippen LogP contribution < -0.4 is 11.1 Å². The van der Waals surface area contributed by atoms with Crippen LogP contribution >= 0.6 is 24.0 Å². The third-order valence-electron chi connectivity index (χ3n) is 3.06. The maximum atomic E-state index is 5.74. The second kappa shape index (κ2) is 11.7. The molecular weight excluding hydrogens is 357 g/mol. The number of hydrogen-bond acceptors (Lipinski definition) is 3. The van der Waals surface area contributed by atoms with Crippen LogP contribution in [0.5, 0.6) is 0 Å². The zero-order valence-corrected chi connectivity index (χ0v) is 14.4. The zero-order chi connectivity index (χ0) is 13.2. The minimum Gasteiger partial charge on any atom is -0.379 e. The molecule has 0 aromatic rings. The van der Waals surface area contributed by atoms with Crippen LogP contribution in [0.1, 0.15) is 39.5 Å². The summed E-state index contributed by atoms with van der Waals surface area (Å²) in [5, 5.41) is 3.13. The molecule has 0 aromatic carbocycles. The largest absolute Gasteiger partial charge is 0.379 e. The molecule has 2 unspecified atom stereocenters. The minimum atomic E-state index is 0. The summed E-state index contributed by atoms with van der Waals surface area (Å²) in [7, 11) is 0. The van der Waals surface area contributed by atoms with Gasteiger partial charge >= 0.3 is 0 Å². The maximum absolute atomic E-state index is 5.74. The predicted octanol–water partition coefficient (Wildman–Crippen LogP) is 1.89. The van der Waals surface area contributed by atoms with Gasteiger partial charge in [-0.2, -0.15) is 0 Å². The summed E-state index contributed by atoms with van der Waals surface area (Å²) < 4.78 is 11.0. The zero-order valence-electron chi connectivity index (χ0n) is 12.1. The summed E-state index contributed by atoms with van der Waals surface area (Å²) in [6.45, 7) is 7.23. The summed E-state index contributed by atoms with van der Waals surface area (Å²) in [5.41, 5.74) is 5.74. The molecule has 0 bridgehead atoms. The smallest absolute Gasteiger partial charge is 0.188 e. The van der Waals surface area contributed by atoms with Crippen LogP contribution in [0.4, 0.5) is 0 Å². The second-order valence-electron chi connectivity index (χ2n) is 4.78. The van der Waals surface area contributed by atoms with Crippen molar-refractivity contribution in [3.8, 4) is 0 Å². The Bertz CT molecular complexity index is 246. The molecule has 0 spiro atoms. The number of halogens is 1. The Kier molecular flexibility index (Phi) is 11.7. The quantitative estimate of drug-likeness (QED) is 0.290. The topological polar surface area (TPSA) is 68.9 Å². The van der Waals surface area contributed by atoms with Gasteiger partial charge in [0.2, 0.25) is 0 Å². The molecule has 0 aliphatic carbocycles. The first kappa shape index (κ1) is 18.9. The van der Waals surface area contributed by atoms with E-state index < -0.39 is 0 Å². The lowest BCUT2D eigenvalue weighted by Crippen LogP contribution is -2.38. The molecule has 19 heavy (non-hydrogen) atoms. The average Bonchev–Trinajstić information content (AvgIpc) is 2.86. The molecule has 0 amide bonds. The number of guanidine groups is 1. The molecule has 0 aromatic heterocycles. The molecule has 5 nitrogen and oxygen atoms in total. The molecule has 3 N–H and O–H groups in total. The van der Waals surface area contributed by atoms with Crippen LogP contribution in [-0.4, -0.2) is 44.5 Å². The standard InChI is InChI=1S/C13H27N3O2.HI/c1-3-11(2)16-13(14)15-7-5-8-17-10-12-6-4-9-18-12;/h11-12H,3-10H2,1-2H3,(H3,14,15,16);1H. The third-order valence-corrected chi connectivity index (χ3v) is 3.06. The molecule has 2 atom stereocenters. The summed E-state index contributed by atoms with van der Waals surface area (Å²) in [4.78, 5) is 4.25. The van der Waals surface area contributed by atoms with Crippen LogP contribution in [0.15, 0.2) is 4.99 Å². The van der Waals surface area contributed by atoms with Gasteiger partial charge in [-0.1, -0.05) is 6.92 Å². The highest BCUT2D eigenvalue weighted by atomic mass is 127. The van der Waals surface area contributed by atoms with E-state index in [9.17, 15) is 0 Å². The van der Waals surface area contributed by atoms with E-state index in [-0.39, 0.29) is 24.0 Å². The average molecular weight is 385 g/mol. The van der Waals surface area contributed by atoms with Gasteiger partial charge in [0, 0.05) is 25.8 Å². The van der Waals surface area contributed by atoms with Gasteiger partial charge in [0.05, 0.1) is 12.7 Å². The molecule has 0 saturated carbocycles. The van der Waals surface area contributed by atoms with Crippen molar-refractivity contribution in [3.63, 3.8) is 0 Å². The van der Waals surface area contributed by atoms with Crippen molar-refractivity contribution >= 4 is 29.9 Å². The Balaban J connectivity index is 0.00000324. The van der Waals surface area contributed by atoms with Crippen molar-refractivity contribution in [2.75, 3.05) is 26.4 Å². The van der Waals surface area contributed by atoms with Gasteiger partial charge in [0.25, 0.3) is 0 Å². The van der Waals surface area contributed by atoms with Gasteiger partial charge in [0.1, 0.15) is 0 Å². The van der Waals surface area contributed by atoms with Crippen LogP contribution in [0.25, 0.3) is 0 Å². The van der Waals surface area contributed by atoms with Gasteiger partial charge in [0.15, 0.2) is 5.96 Å². The second-order valence-corrected chi connectivity index (χ2v) is 4.78. The molecule has 6 heteroatoms. The van der Waals surface area contributed by atoms with Gasteiger partial charge < -0.3 is 20.5 Å². The highest BCUT2D eigenvalue weighted by Gasteiger charge is 2.14. The molecule has 1 aliphatic rings. The Morgan fingerprint density at radius 1 is 1.58 bits per heavy atom. The number of ether oxygens (including phenoxy) is 2. The predicted molar refractivity (Wildman–Crippen MR) is 89.2 cm³/mol. The van der Waals surface area contributed by atoms with Crippen LogP contribution in [0, 0.1) is 0 Å². The SMILES string of the molecule is CCC(C)NC(N)=NCCCOCC1CCCO1.I. The molecule has 114 valence electrons. The number of nitrogens with two attached hydrogens (primary N) is 1. The van der Waals surface area contributed by atoms with Gasteiger partial charge in [-0.3, -0.25) is 4.99 Å². The lowest BCUT2D eigenvalue weighted by molar-refractivity contribution is 0.0171. The van der Waals surface area contributed by atoms with E-state index in [0.29, 0.717) is 31.3 Å². The fraction of sp³-hybridized carbons (Fsp3) is 0.923. The van der Waals surface area contributed by atoms with Crippen molar-refractivity contribution in [1.82, 2.24) is 5.32 Å². The van der Waals surface area contributed by atoms with Gasteiger partial charge in [-0.15, -0.1) is 24.0 Å². The summed E-state index contributed by atoms with van der Waals surface area (Å²) in [6.07, 6.45) is 4.54. The van der Waals surface area contributed by atoms with E-state index in [2.05, 4.69) is 24.2 Å². The fourth-order valence-corrected chi connectivity index (χ4v) is 1.76. The molecular formula is C13H28IN3O2. The first-order chi connectivity index (χ1) is 8.72. The fourth-order valence-electron chi connectivity index (χ4n) is 1.76. The molecule has 1 rings (SSSR count). The van der Waals surface area contributed by atoms with Crippen molar-refractivity contribution in [2.45, 2.75) is 51.7 Å². The lowest BCUT2D eigenvalue weighted by atomic mass is 10.2. The Morgan fingerprint density at radius 3 is 3.00 bits per heavy atom. The first-order valence-electron chi connectivity index (χ1n) is 6.98. The van der Waals surface area contributed by atoms with E-state index in [1.54, 1.807) is 0 Å². The molecule has 1 aliphatic heterocycles. The lowest BCUT2D eigenvalue weighted by Gasteiger charge is -2.12. The minimum absolute atomic E-state index is 0. The molecule has 1 heterocycles. The van der Waals surface area contributed by atoms with E-state index in [1.165, 1.54) is 0 Å². The Morgan fingerprint density at radius 2 is 2.37 bits per heavy atom. The van der Waals surface area contributed by atoms with Gasteiger partial charge in [-0.05, 0) is 32.6 Å². The number of nitrogens with zero attached hydrogens (tertiary/aromatic N) is 1. The maximum Gasteiger partial charge on any atom is 0.188 e. The normalized spacial score (nSPS) is 20.9. The summed E-state index contributed by atoms with van der Waals surface area (Å²) in [6, 6.07) is 0.379. The van der Waals surface area contributed by atoms with Crippen molar-refractivity contribution in [3.05, 3.63) is 0 Å². The van der Waals surface area contributed by atoms with Crippen LogP contribution in [0.3, 0.4) is 0 Å². The molecule has 1 saturated heterocycles. The highest BCUT2D eigenvalue weighted by Crippen LogP contribution is 2.11. The van der Waals surface area contributed by atoms with E-state index in [4.69, 9.17) is 15.2 Å². The Labute approximate surface area is 133 Å². The number of aliphatic imine (C=N–C) groups is 1. The van der Waals surface area contributed by atoms with Crippen LogP contribution in [-0.2, 0) is 9.47 Å². The Hall–Kier alpha value is -0.0800. The van der Waals surface area contributed by atoms with E-state index >= 15 is 0 Å². The number of hydrogen-bond donors (Lipinski definition) is 2. The highest BCUT2D eigenvalue weighted by molar-refractivity contribution is 14.0. The van der Waals surface area contributed by atoms with Crippen LogP contribution in [0.2, 0.25) is 0 Å². The molecule has 1 fully saturated rings. The van der Waals surface area contributed by atoms with E-state index in [1.807, 2.05) is 0 Å². The monoisotopic (exact) mass is 385 g/mol. The van der Waals surface area contributed by atoms with Crippen molar-refractivity contribution in [1.29, 1.82) is 0 Å². The summed E-state index contributed by atoms with van der Waals surface area (Å²) in [5.74, 6) is 0.531. The first-order valence-corrected chi connectivity index (χ1v) is 6.98. The third kappa shape index (κ3) is 9.45. The van der Waals surface area contributed by atoms with Crippen molar-refractivity contribution in [2.24, 2.45) is 10.7 Å². The van der Waals surface area contributed by atoms with E-state index in [0.717, 1.165) is 38.9 Å². The molecule has 0 radical (unpaired) electrons. The summed E-state index contributed by atoms with van der Waals surface area (Å²) >= 11 is 0. The number of nitrogens with one attached hydrogen (secondary N) is 1. The van der Waals surface area contributed by atoms with Gasteiger partial charge in [-0.25, -0.2) is 0 Å². The number of rotatable bonds is 8.